The Bertz CT molecular complexity index is 762. The van der Waals surface area contributed by atoms with Gasteiger partial charge in [-0.05, 0) is 42.9 Å². The SMILES string of the molecule is CCOC(Cc1ccc(OCCN(CCCCCC(F)(F)F)C(=O)OCC(C)(C)C)cc1)C(=O)O. The molecule has 0 saturated carbocycles. The number of carboxylic acid groups (broad SMARTS) is 1. The highest BCUT2D eigenvalue weighted by Gasteiger charge is 2.26. The van der Waals surface area contributed by atoms with Crippen molar-refractivity contribution in [2.75, 3.05) is 32.9 Å². The largest absolute Gasteiger partial charge is 0.492 e. The zero-order chi connectivity index (χ0) is 26.5. The summed E-state index contributed by atoms with van der Waals surface area (Å²) in [6.07, 6.45) is -5.43. The summed E-state index contributed by atoms with van der Waals surface area (Å²) in [5.74, 6) is -0.478. The standard InChI is InChI=1S/C25H38F3NO6/c1-5-33-21(22(30)31)17-19-9-11-20(12-10-19)34-16-15-29(23(32)35-18-24(2,3)4)14-8-6-7-13-25(26,27)28/h9-12,21H,5-8,13-18H2,1-4H3,(H,30,31). The predicted molar refractivity (Wildman–Crippen MR) is 126 cm³/mol. The Balaban J connectivity index is 2.59. The van der Waals surface area contributed by atoms with Crippen LogP contribution in [0.2, 0.25) is 0 Å². The number of benzene rings is 1. The van der Waals surface area contributed by atoms with E-state index in [9.17, 15) is 27.9 Å². The first-order chi connectivity index (χ1) is 16.3. The summed E-state index contributed by atoms with van der Waals surface area (Å²) in [5, 5.41) is 9.20. The number of amides is 1. The minimum absolute atomic E-state index is 0.0171. The van der Waals surface area contributed by atoms with E-state index < -0.39 is 30.8 Å². The summed E-state index contributed by atoms with van der Waals surface area (Å²) < 4.78 is 53.3. The van der Waals surface area contributed by atoms with Crippen LogP contribution in [0, 0.1) is 5.41 Å². The molecular weight excluding hydrogens is 467 g/mol. The maximum absolute atomic E-state index is 12.5. The monoisotopic (exact) mass is 505 g/mol. The van der Waals surface area contributed by atoms with Crippen LogP contribution >= 0.6 is 0 Å². The third kappa shape index (κ3) is 14.5. The van der Waals surface area contributed by atoms with Crippen LogP contribution in [-0.4, -0.2) is 67.3 Å². The molecule has 0 bridgehead atoms. The molecular formula is C25H38F3NO6. The van der Waals surface area contributed by atoms with Gasteiger partial charge in [0.1, 0.15) is 12.4 Å². The van der Waals surface area contributed by atoms with Crippen LogP contribution in [0.25, 0.3) is 0 Å². The third-order valence-corrected chi connectivity index (χ3v) is 4.89. The van der Waals surface area contributed by atoms with Crippen molar-refractivity contribution in [3.05, 3.63) is 29.8 Å². The van der Waals surface area contributed by atoms with Crippen molar-refractivity contribution in [1.29, 1.82) is 0 Å². The van der Waals surface area contributed by atoms with E-state index in [1.807, 2.05) is 20.8 Å². The van der Waals surface area contributed by atoms with E-state index in [-0.39, 0.29) is 44.6 Å². The van der Waals surface area contributed by atoms with Crippen LogP contribution in [0.15, 0.2) is 24.3 Å². The molecule has 1 aromatic carbocycles. The highest BCUT2D eigenvalue weighted by molar-refractivity contribution is 5.72. The van der Waals surface area contributed by atoms with E-state index in [1.165, 1.54) is 4.90 Å². The van der Waals surface area contributed by atoms with Gasteiger partial charge in [-0.1, -0.05) is 39.3 Å². The van der Waals surface area contributed by atoms with E-state index >= 15 is 0 Å². The number of rotatable bonds is 15. The van der Waals surface area contributed by atoms with Gasteiger partial charge in [0.2, 0.25) is 0 Å². The van der Waals surface area contributed by atoms with Crippen molar-refractivity contribution in [2.24, 2.45) is 5.41 Å². The van der Waals surface area contributed by atoms with Gasteiger partial charge in [0, 0.05) is 26.0 Å². The Morgan fingerprint density at radius 2 is 1.69 bits per heavy atom. The molecule has 7 nitrogen and oxygen atoms in total. The van der Waals surface area contributed by atoms with Gasteiger partial charge in [-0.2, -0.15) is 13.2 Å². The number of unbranched alkanes of at least 4 members (excludes halogenated alkanes) is 2. The number of carboxylic acids is 1. The number of carbonyl (C=O) groups excluding carboxylic acids is 1. The van der Waals surface area contributed by atoms with Crippen LogP contribution in [0.5, 0.6) is 5.75 Å². The van der Waals surface area contributed by atoms with Crippen molar-refractivity contribution in [2.45, 2.75) is 72.1 Å². The summed E-state index contributed by atoms with van der Waals surface area (Å²) in [7, 11) is 0. The van der Waals surface area contributed by atoms with E-state index in [4.69, 9.17) is 14.2 Å². The molecule has 1 N–H and O–H groups in total. The molecule has 0 heterocycles. The molecule has 0 aliphatic rings. The van der Waals surface area contributed by atoms with Gasteiger partial charge in [-0.3, -0.25) is 0 Å². The van der Waals surface area contributed by atoms with Gasteiger partial charge >= 0.3 is 18.2 Å². The smallest absolute Gasteiger partial charge is 0.409 e. The highest BCUT2D eigenvalue weighted by atomic mass is 19.4. The van der Waals surface area contributed by atoms with Gasteiger partial charge in [0.25, 0.3) is 0 Å². The molecule has 1 amide bonds. The molecule has 0 fully saturated rings. The van der Waals surface area contributed by atoms with Crippen LogP contribution in [0.4, 0.5) is 18.0 Å². The van der Waals surface area contributed by atoms with Crippen LogP contribution in [-0.2, 0) is 20.7 Å². The van der Waals surface area contributed by atoms with Crippen molar-refractivity contribution >= 4 is 12.1 Å². The second kappa shape index (κ2) is 14.8. The van der Waals surface area contributed by atoms with E-state index in [0.29, 0.717) is 25.2 Å². The van der Waals surface area contributed by atoms with Crippen molar-refractivity contribution in [3.8, 4) is 5.75 Å². The number of alkyl halides is 3. The normalized spacial score (nSPS) is 12.8. The van der Waals surface area contributed by atoms with E-state index in [2.05, 4.69) is 0 Å². The number of aliphatic carboxylic acids is 1. The first-order valence-corrected chi connectivity index (χ1v) is 11.9. The minimum Gasteiger partial charge on any atom is -0.492 e. The maximum Gasteiger partial charge on any atom is 0.409 e. The summed E-state index contributed by atoms with van der Waals surface area (Å²) in [6, 6.07) is 6.92. The van der Waals surface area contributed by atoms with Gasteiger partial charge < -0.3 is 24.2 Å². The lowest BCUT2D eigenvalue weighted by atomic mass is 9.99. The second-order valence-electron chi connectivity index (χ2n) is 9.51. The number of carbonyl (C=O) groups is 2. The summed E-state index contributed by atoms with van der Waals surface area (Å²) in [4.78, 5) is 25.2. The fraction of sp³-hybridized carbons (Fsp3) is 0.680. The molecule has 0 spiro atoms. The minimum atomic E-state index is -4.17. The lowest BCUT2D eigenvalue weighted by Crippen LogP contribution is -2.37. The highest BCUT2D eigenvalue weighted by Crippen LogP contribution is 2.23. The van der Waals surface area contributed by atoms with Gasteiger partial charge in [-0.15, -0.1) is 0 Å². The van der Waals surface area contributed by atoms with Gasteiger partial charge in [0.05, 0.1) is 13.2 Å². The Hall–Kier alpha value is -2.49. The number of ether oxygens (including phenoxy) is 3. The van der Waals surface area contributed by atoms with Crippen molar-refractivity contribution in [1.82, 2.24) is 4.90 Å². The zero-order valence-corrected chi connectivity index (χ0v) is 21.0. The fourth-order valence-electron chi connectivity index (χ4n) is 3.10. The molecule has 1 aromatic rings. The van der Waals surface area contributed by atoms with Crippen molar-refractivity contribution in [3.63, 3.8) is 0 Å². The van der Waals surface area contributed by atoms with Crippen LogP contribution in [0.3, 0.4) is 0 Å². The quantitative estimate of drug-likeness (QED) is 0.308. The number of nitrogens with zero attached hydrogens (tertiary/aromatic N) is 1. The zero-order valence-electron chi connectivity index (χ0n) is 21.0. The molecule has 0 aliphatic carbocycles. The maximum atomic E-state index is 12.5. The van der Waals surface area contributed by atoms with Crippen LogP contribution < -0.4 is 4.74 Å². The van der Waals surface area contributed by atoms with E-state index in [0.717, 1.165) is 5.56 Å². The second-order valence-corrected chi connectivity index (χ2v) is 9.51. The Morgan fingerprint density at radius 3 is 2.23 bits per heavy atom. The lowest BCUT2D eigenvalue weighted by Gasteiger charge is -2.25. The predicted octanol–water partition coefficient (Wildman–Crippen LogP) is 5.71. The summed E-state index contributed by atoms with van der Waals surface area (Å²) in [6.45, 7) is 8.71. The Kier molecular flexibility index (Phi) is 12.9. The number of halogens is 3. The summed E-state index contributed by atoms with van der Waals surface area (Å²) in [5.41, 5.74) is 0.568. The fourth-order valence-corrected chi connectivity index (χ4v) is 3.10. The van der Waals surface area contributed by atoms with Crippen molar-refractivity contribution < 1.29 is 42.1 Å². The Labute approximate surface area is 205 Å². The molecule has 1 rings (SSSR count). The molecule has 200 valence electrons. The first kappa shape index (κ1) is 30.5. The molecule has 0 radical (unpaired) electrons. The van der Waals surface area contributed by atoms with Gasteiger partial charge in [-0.25, -0.2) is 9.59 Å². The third-order valence-electron chi connectivity index (χ3n) is 4.89. The molecule has 0 saturated heterocycles. The van der Waals surface area contributed by atoms with Gasteiger partial charge in [0.15, 0.2) is 6.10 Å². The molecule has 1 unspecified atom stereocenters. The number of hydrogen-bond donors (Lipinski definition) is 1. The molecule has 0 aromatic heterocycles. The van der Waals surface area contributed by atoms with E-state index in [1.54, 1.807) is 31.2 Å². The topological polar surface area (TPSA) is 85.3 Å². The average Bonchev–Trinajstić information content (AvgIpc) is 2.75. The Morgan fingerprint density at radius 1 is 1.03 bits per heavy atom. The lowest BCUT2D eigenvalue weighted by molar-refractivity contribution is -0.150. The molecule has 1 atom stereocenters. The average molecular weight is 506 g/mol. The first-order valence-electron chi connectivity index (χ1n) is 11.9. The summed E-state index contributed by atoms with van der Waals surface area (Å²) >= 11 is 0. The van der Waals surface area contributed by atoms with Crippen LogP contribution in [0.1, 0.15) is 58.9 Å². The molecule has 10 heteroatoms. The number of hydrogen-bond acceptors (Lipinski definition) is 5. The molecule has 0 aliphatic heterocycles. The molecule has 35 heavy (non-hydrogen) atoms.